The van der Waals surface area contributed by atoms with Crippen LogP contribution in [-0.2, 0) is 0 Å². The van der Waals surface area contributed by atoms with Crippen molar-refractivity contribution in [2.24, 2.45) is 0 Å². The maximum atomic E-state index is 4.06. The monoisotopic (exact) mass is 157 g/mol. The van der Waals surface area contributed by atoms with Crippen LogP contribution in [-0.4, -0.2) is 10.2 Å². The van der Waals surface area contributed by atoms with Gasteiger partial charge in [-0.15, -0.1) is 0 Å². The van der Waals surface area contributed by atoms with E-state index in [2.05, 4.69) is 16.3 Å². The lowest BCUT2D eigenvalue weighted by Gasteiger charge is -1.95. The van der Waals surface area contributed by atoms with Crippen LogP contribution in [0.4, 0.5) is 0 Å². The second kappa shape index (κ2) is 2.81. The third kappa shape index (κ3) is 1.11. The number of aromatic nitrogens is 2. The Labute approximate surface area is 71.3 Å². The number of benzene rings is 1. The highest BCUT2D eigenvalue weighted by molar-refractivity contribution is 5.64. The SMILES string of the molecule is Cc1n[nH]cc1-c1cc[c]cc1. The summed E-state index contributed by atoms with van der Waals surface area (Å²) in [6, 6.07) is 10.8. The van der Waals surface area contributed by atoms with Crippen LogP contribution in [0.3, 0.4) is 0 Å². The van der Waals surface area contributed by atoms with Crippen LogP contribution in [0.2, 0.25) is 0 Å². The van der Waals surface area contributed by atoms with E-state index < -0.39 is 0 Å². The second-order valence-corrected chi connectivity index (χ2v) is 2.67. The Balaban J connectivity index is 2.51. The Morgan fingerprint density at radius 3 is 2.67 bits per heavy atom. The molecule has 0 aliphatic carbocycles. The fourth-order valence-corrected chi connectivity index (χ4v) is 1.22. The van der Waals surface area contributed by atoms with Crippen LogP contribution in [0.1, 0.15) is 5.69 Å². The van der Waals surface area contributed by atoms with Crippen molar-refractivity contribution in [1.29, 1.82) is 0 Å². The Hall–Kier alpha value is -1.57. The van der Waals surface area contributed by atoms with Crippen molar-refractivity contribution in [2.75, 3.05) is 0 Å². The molecule has 2 aromatic rings. The number of aromatic amines is 1. The minimum absolute atomic E-state index is 1.03. The molecule has 1 aromatic heterocycles. The molecule has 0 aliphatic heterocycles. The first-order valence-electron chi connectivity index (χ1n) is 3.85. The van der Waals surface area contributed by atoms with Crippen LogP contribution < -0.4 is 0 Å². The van der Waals surface area contributed by atoms with E-state index in [4.69, 9.17) is 0 Å². The highest BCUT2D eigenvalue weighted by atomic mass is 15.1. The van der Waals surface area contributed by atoms with Gasteiger partial charge in [0.05, 0.1) is 5.69 Å². The first kappa shape index (κ1) is 7.10. The van der Waals surface area contributed by atoms with E-state index in [0.717, 1.165) is 11.3 Å². The molecule has 0 unspecified atom stereocenters. The van der Waals surface area contributed by atoms with Gasteiger partial charge in [-0.2, -0.15) is 5.10 Å². The number of H-pyrrole nitrogens is 1. The molecular weight excluding hydrogens is 148 g/mol. The lowest BCUT2D eigenvalue weighted by Crippen LogP contribution is -1.77. The number of hydrogen-bond acceptors (Lipinski definition) is 1. The van der Waals surface area contributed by atoms with Crippen molar-refractivity contribution in [3.8, 4) is 11.1 Å². The van der Waals surface area contributed by atoms with Gasteiger partial charge in [-0.05, 0) is 18.6 Å². The minimum Gasteiger partial charge on any atom is -0.285 e. The van der Waals surface area contributed by atoms with Crippen molar-refractivity contribution in [3.63, 3.8) is 0 Å². The Kier molecular flexibility index (Phi) is 1.67. The van der Waals surface area contributed by atoms with Gasteiger partial charge >= 0.3 is 0 Å². The number of hydrogen-bond donors (Lipinski definition) is 1. The third-order valence-corrected chi connectivity index (χ3v) is 1.86. The zero-order chi connectivity index (χ0) is 8.39. The Morgan fingerprint density at radius 1 is 1.33 bits per heavy atom. The topological polar surface area (TPSA) is 28.7 Å². The number of nitrogens with one attached hydrogen (secondary N) is 1. The van der Waals surface area contributed by atoms with Gasteiger partial charge in [-0.1, -0.05) is 24.3 Å². The lowest BCUT2D eigenvalue weighted by atomic mass is 10.1. The molecule has 0 saturated heterocycles. The smallest absolute Gasteiger partial charge is 0.0669 e. The molecule has 2 heteroatoms. The van der Waals surface area contributed by atoms with Crippen molar-refractivity contribution < 1.29 is 0 Å². The van der Waals surface area contributed by atoms with E-state index in [9.17, 15) is 0 Å². The highest BCUT2D eigenvalue weighted by Gasteiger charge is 2.01. The quantitative estimate of drug-likeness (QED) is 0.675. The molecule has 0 fully saturated rings. The fraction of sp³-hybridized carbons (Fsp3) is 0.100. The van der Waals surface area contributed by atoms with Gasteiger partial charge in [0.2, 0.25) is 0 Å². The third-order valence-electron chi connectivity index (χ3n) is 1.86. The van der Waals surface area contributed by atoms with Crippen LogP contribution in [0.15, 0.2) is 30.5 Å². The summed E-state index contributed by atoms with van der Waals surface area (Å²) in [4.78, 5) is 0. The summed E-state index contributed by atoms with van der Waals surface area (Å²) in [7, 11) is 0. The molecule has 0 amide bonds. The molecule has 0 aliphatic rings. The standard InChI is InChI=1S/C10H9N2/c1-8-10(7-11-12-8)9-5-3-2-4-6-9/h3-7H,1H3,(H,11,12). The molecule has 2 nitrogen and oxygen atoms in total. The first-order chi connectivity index (χ1) is 5.88. The van der Waals surface area contributed by atoms with Crippen molar-refractivity contribution in [1.82, 2.24) is 10.2 Å². The zero-order valence-corrected chi connectivity index (χ0v) is 6.83. The summed E-state index contributed by atoms with van der Waals surface area (Å²) in [5.74, 6) is 0. The lowest BCUT2D eigenvalue weighted by molar-refractivity contribution is 1.05. The summed E-state index contributed by atoms with van der Waals surface area (Å²) in [6.07, 6.45) is 1.91. The summed E-state index contributed by atoms with van der Waals surface area (Å²) < 4.78 is 0. The molecule has 59 valence electrons. The predicted octanol–water partition coefficient (Wildman–Crippen LogP) is 2.19. The molecule has 0 atom stereocenters. The first-order valence-corrected chi connectivity index (χ1v) is 3.85. The number of rotatable bonds is 1. The molecule has 12 heavy (non-hydrogen) atoms. The summed E-state index contributed by atoms with van der Waals surface area (Å²) >= 11 is 0. The van der Waals surface area contributed by atoms with E-state index in [1.54, 1.807) is 0 Å². The molecule has 1 N–H and O–H groups in total. The second-order valence-electron chi connectivity index (χ2n) is 2.67. The van der Waals surface area contributed by atoms with Crippen LogP contribution in [0, 0.1) is 13.0 Å². The van der Waals surface area contributed by atoms with Gasteiger partial charge in [0.1, 0.15) is 0 Å². The minimum atomic E-state index is 1.03. The van der Waals surface area contributed by atoms with Crippen molar-refractivity contribution in [3.05, 3.63) is 42.2 Å². The number of nitrogens with zero attached hydrogens (tertiary/aromatic N) is 1. The van der Waals surface area contributed by atoms with Crippen LogP contribution in [0.5, 0.6) is 0 Å². The molecule has 0 spiro atoms. The van der Waals surface area contributed by atoms with Gasteiger partial charge in [-0.3, -0.25) is 5.10 Å². The maximum absolute atomic E-state index is 4.06. The molecule has 1 heterocycles. The summed E-state index contributed by atoms with van der Waals surface area (Å²) in [5, 5.41) is 6.89. The van der Waals surface area contributed by atoms with E-state index in [1.165, 1.54) is 5.56 Å². The van der Waals surface area contributed by atoms with Gasteiger partial charge in [0.25, 0.3) is 0 Å². The predicted molar refractivity (Wildman–Crippen MR) is 47.6 cm³/mol. The maximum Gasteiger partial charge on any atom is 0.0669 e. The van der Waals surface area contributed by atoms with Gasteiger partial charge in [-0.25, -0.2) is 0 Å². The summed E-state index contributed by atoms with van der Waals surface area (Å²) in [5.41, 5.74) is 3.37. The van der Waals surface area contributed by atoms with Crippen molar-refractivity contribution >= 4 is 0 Å². The number of aryl methyl sites for hydroxylation is 1. The normalized spacial score (nSPS) is 10.1. The van der Waals surface area contributed by atoms with Gasteiger partial charge < -0.3 is 0 Å². The average molecular weight is 157 g/mol. The van der Waals surface area contributed by atoms with Gasteiger partial charge in [0, 0.05) is 11.8 Å². The van der Waals surface area contributed by atoms with Crippen LogP contribution in [0.25, 0.3) is 11.1 Å². The van der Waals surface area contributed by atoms with Crippen molar-refractivity contribution in [2.45, 2.75) is 6.92 Å². The highest BCUT2D eigenvalue weighted by Crippen LogP contribution is 2.19. The molecule has 0 saturated carbocycles. The van der Waals surface area contributed by atoms with E-state index >= 15 is 0 Å². The Bertz CT molecular complexity index is 362. The van der Waals surface area contributed by atoms with E-state index in [-0.39, 0.29) is 0 Å². The molecular formula is C10H9N2. The molecule has 0 bridgehead atoms. The molecule has 2 rings (SSSR count). The van der Waals surface area contributed by atoms with Crippen LogP contribution >= 0.6 is 0 Å². The van der Waals surface area contributed by atoms with E-state index in [0.29, 0.717) is 0 Å². The largest absolute Gasteiger partial charge is 0.285 e. The zero-order valence-electron chi connectivity index (χ0n) is 6.83. The average Bonchev–Trinajstić information content (AvgIpc) is 2.53. The fourth-order valence-electron chi connectivity index (χ4n) is 1.22. The van der Waals surface area contributed by atoms with E-state index in [1.807, 2.05) is 37.4 Å². The summed E-state index contributed by atoms with van der Waals surface area (Å²) in [6.45, 7) is 1.99. The molecule has 1 aromatic carbocycles. The Morgan fingerprint density at radius 2 is 2.08 bits per heavy atom. The van der Waals surface area contributed by atoms with Gasteiger partial charge in [0.15, 0.2) is 0 Å². The molecule has 1 radical (unpaired) electrons.